The highest BCUT2D eigenvalue weighted by molar-refractivity contribution is 7.92. The largest absolute Gasteiger partial charge is 0.294 e. The summed E-state index contributed by atoms with van der Waals surface area (Å²) in [6.07, 6.45) is 1.50. The second-order valence-corrected chi connectivity index (χ2v) is 7.95. The molecule has 110 valence electrons. The normalized spacial score (nSPS) is 20.4. The molecule has 0 aromatic heterocycles. The molecule has 1 aliphatic carbocycles. The molecule has 0 amide bonds. The molecule has 0 bridgehead atoms. The highest BCUT2D eigenvalue weighted by atomic mass is 32.2. The molecule has 4 nitrogen and oxygen atoms in total. The number of hydrogen-bond acceptors (Lipinski definition) is 3. The van der Waals surface area contributed by atoms with Crippen LogP contribution in [0.2, 0.25) is 0 Å². The fourth-order valence-corrected chi connectivity index (χ4v) is 3.45. The van der Waals surface area contributed by atoms with Crippen LogP contribution in [-0.4, -0.2) is 20.0 Å². The highest BCUT2D eigenvalue weighted by Gasteiger charge is 2.50. The van der Waals surface area contributed by atoms with E-state index in [2.05, 4.69) is 18.6 Å². The van der Waals surface area contributed by atoms with Gasteiger partial charge in [0.05, 0.1) is 5.75 Å². The first-order valence-corrected chi connectivity index (χ1v) is 8.55. The molecule has 1 aromatic rings. The lowest BCUT2D eigenvalue weighted by Gasteiger charge is -2.08. The van der Waals surface area contributed by atoms with E-state index in [1.165, 1.54) is 0 Å². The lowest BCUT2D eigenvalue weighted by molar-refractivity contribution is 0.0953. The van der Waals surface area contributed by atoms with Crippen LogP contribution in [-0.2, 0) is 10.0 Å². The van der Waals surface area contributed by atoms with Crippen molar-refractivity contribution in [3.8, 4) is 0 Å². The molecule has 0 heterocycles. The fourth-order valence-electron chi connectivity index (χ4n) is 2.32. The van der Waals surface area contributed by atoms with Crippen molar-refractivity contribution in [2.45, 2.75) is 33.6 Å². The smallest absolute Gasteiger partial charge is 0.232 e. The second-order valence-electron chi connectivity index (χ2n) is 6.11. The van der Waals surface area contributed by atoms with Gasteiger partial charge in [0, 0.05) is 17.2 Å². The Bertz CT molecular complexity index is 603. The number of carbonyl (C=O) groups excluding carboxylic acids is 1. The Morgan fingerprint density at radius 1 is 1.30 bits per heavy atom. The lowest BCUT2D eigenvalue weighted by Crippen LogP contribution is -2.16. The van der Waals surface area contributed by atoms with Crippen LogP contribution < -0.4 is 4.72 Å². The van der Waals surface area contributed by atoms with E-state index in [1.54, 1.807) is 24.3 Å². The average Bonchev–Trinajstić information content (AvgIpc) is 2.98. The molecule has 1 aromatic carbocycles. The van der Waals surface area contributed by atoms with Crippen molar-refractivity contribution in [3.63, 3.8) is 0 Å². The Balaban J connectivity index is 2.06. The van der Waals surface area contributed by atoms with Gasteiger partial charge in [-0.25, -0.2) is 8.42 Å². The topological polar surface area (TPSA) is 63.2 Å². The molecular weight excluding hydrogens is 274 g/mol. The standard InChI is InChI=1S/C15H21NO3S/c1-4-9-20(18,19)16-12-7-5-11(6-8-12)14(17)13-10-15(13,2)3/h5-8,13,16H,4,9-10H2,1-3H3. The number of hydrogen-bond donors (Lipinski definition) is 1. The summed E-state index contributed by atoms with van der Waals surface area (Å²) < 4.78 is 25.8. The van der Waals surface area contributed by atoms with Gasteiger partial charge in [-0.3, -0.25) is 9.52 Å². The maximum atomic E-state index is 12.2. The Morgan fingerprint density at radius 2 is 1.85 bits per heavy atom. The molecule has 1 saturated carbocycles. The monoisotopic (exact) mass is 295 g/mol. The molecule has 2 rings (SSSR count). The molecule has 5 heteroatoms. The van der Waals surface area contributed by atoms with E-state index in [0.717, 1.165) is 6.42 Å². The minimum absolute atomic E-state index is 0.101. The van der Waals surface area contributed by atoms with Gasteiger partial charge < -0.3 is 0 Å². The van der Waals surface area contributed by atoms with Crippen molar-refractivity contribution in [3.05, 3.63) is 29.8 Å². The van der Waals surface area contributed by atoms with Gasteiger partial charge >= 0.3 is 0 Å². The molecule has 0 aliphatic heterocycles. The number of carbonyl (C=O) groups is 1. The van der Waals surface area contributed by atoms with Gasteiger partial charge in [-0.1, -0.05) is 20.8 Å². The third-order valence-corrected chi connectivity index (χ3v) is 5.24. The molecule has 1 fully saturated rings. The van der Waals surface area contributed by atoms with Crippen LogP contribution in [0, 0.1) is 11.3 Å². The SMILES string of the molecule is CCCS(=O)(=O)Nc1ccc(C(=O)C2CC2(C)C)cc1. The van der Waals surface area contributed by atoms with E-state index in [-0.39, 0.29) is 22.9 Å². The van der Waals surface area contributed by atoms with Gasteiger partial charge in [-0.2, -0.15) is 0 Å². The van der Waals surface area contributed by atoms with E-state index < -0.39 is 10.0 Å². The van der Waals surface area contributed by atoms with Crippen molar-refractivity contribution in [1.82, 2.24) is 0 Å². The first-order chi connectivity index (χ1) is 9.25. The van der Waals surface area contributed by atoms with Crippen molar-refractivity contribution < 1.29 is 13.2 Å². The first kappa shape index (κ1) is 15.0. The average molecular weight is 295 g/mol. The molecule has 1 unspecified atom stereocenters. The van der Waals surface area contributed by atoms with Crippen LogP contribution in [0.25, 0.3) is 0 Å². The van der Waals surface area contributed by atoms with Crippen molar-refractivity contribution in [1.29, 1.82) is 0 Å². The molecular formula is C15H21NO3S. The summed E-state index contributed by atoms with van der Waals surface area (Å²) in [5.41, 5.74) is 1.27. The minimum Gasteiger partial charge on any atom is -0.294 e. The first-order valence-electron chi connectivity index (χ1n) is 6.90. The summed E-state index contributed by atoms with van der Waals surface area (Å²) in [7, 11) is -3.28. The summed E-state index contributed by atoms with van der Waals surface area (Å²) in [5.74, 6) is 0.354. The molecule has 1 atom stereocenters. The number of anilines is 1. The quantitative estimate of drug-likeness (QED) is 0.820. The third-order valence-electron chi connectivity index (χ3n) is 3.75. The van der Waals surface area contributed by atoms with Gasteiger partial charge in [-0.15, -0.1) is 0 Å². The summed E-state index contributed by atoms with van der Waals surface area (Å²) in [4.78, 5) is 12.2. The van der Waals surface area contributed by atoms with Gasteiger partial charge in [0.15, 0.2) is 5.78 Å². The predicted octanol–water partition coefficient (Wildman–Crippen LogP) is 3.07. The Morgan fingerprint density at radius 3 is 2.30 bits per heavy atom. The lowest BCUT2D eigenvalue weighted by atomic mass is 10.0. The zero-order chi connectivity index (χ0) is 15.0. The van der Waals surface area contributed by atoms with Crippen LogP contribution in [0.5, 0.6) is 0 Å². The number of rotatable bonds is 6. The van der Waals surface area contributed by atoms with E-state index >= 15 is 0 Å². The maximum Gasteiger partial charge on any atom is 0.232 e. The molecule has 0 spiro atoms. The van der Waals surface area contributed by atoms with Crippen LogP contribution in [0.15, 0.2) is 24.3 Å². The van der Waals surface area contributed by atoms with E-state index in [1.807, 2.05) is 6.92 Å². The van der Waals surface area contributed by atoms with Crippen LogP contribution in [0.4, 0.5) is 5.69 Å². The summed E-state index contributed by atoms with van der Waals surface area (Å²) in [6, 6.07) is 6.69. The maximum absolute atomic E-state index is 12.2. The van der Waals surface area contributed by atoms with Crippen molar-refractivity contribution in [2.24, 2.45) is 11.3 Å². The Hall–Kier alpha value is -1.36. The number of ketones is 1. The predicted molar refractivity (Wildman–Crippen MR) is 80.4 cm³/mol. The summed E-state index contributed by atoms with van der Waals surface area (Å²) >= 11 is 0. The molecule has 1 aliphatic rings. The van der Waals surface area contributed by atoms with Crippen LogP contribution in [0.1, 0.15) is 44.0 Å². The molecule has 0 radical (unpaired) electrons. The van der Waals surface area contributed by atoms with Gasteiger partial charge in [0.25, 0.3) is 0 Å². The van der Waals surface area contributed by atoms with Crippen molar-refractivity contribution >= 4 is 21.5 Å². The number of Topliss-reactive ketones (excluding diaryl/α,β-unsaturated/α-hetero) is 1. The van der Waals surface area contributed by atoms with Gasteiger partial charge in [0.2, 0.25) is 10.0 Å². The molecule has 1 N–H and O–H groups in total. The highest BCUT2D eigenvalue weighted by Crippen LogP contribution is 2.53. The molecule has 0 saturated heterocycles. The van der Waals surface area contributed by atoms with E-state index in [9.17, 15) is 13.2 Å². The summed E-state index contributed by atoms with van der Waals surface area (Å²) in [5, 5.41) is 0. The van der Waals surface area contributed by atoms with E-state index in [0.29, 0.717) is 17.7 Å². The Kier molecular flexibility index (Phi) is 3.91. The van der Waals surface area contributed by atoms with E-state index in [4.69, 9.17) is 0 Å². The summed E-state index contributed by atoms with van der Waals surface area (Å²) in [6.45, 7) is 5.99. The zero-order valence-electron chi connectivity index (χ0n) is 12.1. The van der Waals surface area contributed by atoms with Crippen LogP contribution in [0.3, 0.4) is 0 Å². The van der Waals surface area contributed by atoms with Crippen LogP contribution >= 0.6 is 0 Å². The fraction of sp³-hybridized carbons (Fsp3) is 0.533. The number of sulfonamides is 1. The van der Waals surface area contributed by atoms with Crippen molar-refractivity contribution in [2.75, 3.05) is 10.5 Å². The molecule has 20 heavy (non-hydrogen) atoms. The zero-order valence-corrected chi connectivity index (χ0v) is 13.0. The minimum atomic E-state index is -3.28. The third kappa shape index (κ3) is 3.39. The van der Waals surface area contributed by atoms with Gasteiger partial charge in [0.1, 0.15) is 0 Å². The number of benzene rings is 1. The second kappa shape index (κ2) is 5.20. The number of nitrogens with one attached hydrogen (secondary N) is 1. The Labute approximate surface area is 120 Å². The van der Waals surface area contributed by atoms with Gasteiger partial charge in [-0.05, 0) is 42.5 Å².